The fourth-order valence-corrected chi connectivity index (χ4v) is 2.89. The van der Waals surface area contributed by atoms with Gasteiger partial charge in [-0.25, -0.2) is 0 Å². The Balaban J connectivity index is 2.22. The largest absolute Gasteiger partial charge is 0.481 e. The molecule has 0 aliphatic carbocycles. The molecule has 0 atom stereocenters. The number of carbonyl (C=O) groups excluding carboxylic acids is 1. The van der Waals surface area contributed by atoms with Gasteiger partial charge in [-0.15, -0.1) is 0 Å². The standard InChI is InChI=1S/C20H30O4/c1-16-12-10-11-13-17(16)20(2,3)24-19(23)15-9-7-5-4-6-8-14-18(21)22/h10-13H,4-9,14-15H2,1-3H3,(H,21,22). The van der Waals surface area contributed by atoms with Gasteiger partial charge in [0.1, 0.15) is 5.60 Å². The van der Waals surface area contributed by atoms with Crippen LogP contribution in [0.5, 0.6) is 0 Å². The van der Waals surface area contributed by atoms with Gasteiger partial charge in [-0.2, -0.15) is 0 Å². The Bertz CT molecular complexity index is 534. The first-order chi connectivity index (χ1) is 11.3. The van der Waals surface area contributed by atoms with Crippen LogP contribution in [0, 0.1) is 6.92 Å². The molecule has 0 bridgehead atoms. The second-order valence-corrected chi connectivity index (χ2v) is 6.81. The van der Waals surface area contributed by atoms with Crippen LogP contribution >= 0.6 is 0 Å². The molecule has 0 radical (unpaired) electrons. The first kappa shape index (κ1) is 20.2. The summed E-state index contributed by atoms with van der Waals surface area (Å²) in [6.45, 7) is 5.88. The number of rotatable bonds is 11. The van der Waals surface area contributed by atoms with Crippen LogP contribution in [-0.4, -0.2) is 17.0 Å². The van der Waals surface area contributed by atoms with E-state index in [0.29, 0.717) is 6.42 Å². The predicted molar refractivity (Wildman–Crippen MR) is 94.9 cm³/mol. The number of ether oxygens (including phenoxy) is 1. The first-order valence-corrected chi connectivity index (χ1v) is 8.82. The van der Waals surface area contributed by atoms with E-state index < -0.39 is 11.6 Å². The zero-order valence-electron chi connectivity index (χ0n) is 15.1. The molecule has 0 amide bonds. The Hall–Kier alpha value is -1.84. The number of hydrogen-bond donors (Lipinski definition) is 1. The second-order valence-electron chi connectivity index (χ2n) is 6.81. The highest BCUT2D eigenvalue weighted by Gasteiger charge is 2.26. The molecule has 4 nitrogen and oxygen atoms in total. The number of esters is 1. The maximum Gasteiger partial charge on any atom is 0.306 e. The highest BCUT2D eigenvalue weighted by Crippen LogP contribution is 2.28. The summed E-state index contributed by atoms with van der Waals surface area (Å²) in [5.41, 5.74) is 1.55. The van der Waals surface area contributed by atoms with Gasteiger partial charge in [-0.3, -0.25) is 9.59 Å². The molecule has 0 aliphatic heterocycles. The van der Waals surface area contributed by atoms with Crippen molar-refractivity contribution in [3.8, 4) is 0 Å². The zero-order valence-corrected chi connectivity index (χ0v) is 15.1. The lowest BCUT2D eigenvalue weighted by molar-refractivity contribution is -0.157. The molecule has 0 saturated carbocycles. The molecule has 0 spiro atoms. The molecular formula is C20H30O4. The van der Waals surface area contributed by atoms with Gasteiger partial charge in [-0.05, 0) is 44.7 Å². The van der Waals surface area contributed by atoms with Crippen LogP contribution in [0.4, 0.5) is 0 Å². The number of hydrogen-bond acceptors (Lipinski definition) is 3. The maximum absolute atomic E-state index is 12.1. The van der Waals surface area contributed by atoms with Crippen molar-refractivity contribution in [2.24, 2.45) is 0 Å². The number of benzene rings is 1. The number of carboxylic acid groups (broad SMARTS) is 1. The van der Waals surface area contributed by atoms with Crippen molar-refractivity contribution in [1.29, 1.82) is 0 Å². The molecule has 1 aromatic carbocycles. The third-order valence-corrected chi connectivity index (χ3v) is 4.18. The van der Waals surface area contributed by atoms with E-state index in [1.165, 1.54) is 0 Å². The molecular weight excluding hydrogens is 304 g/mol. The second kappa shape index (κ2) is 10.1. The van der Waals surface area contributed by atoms with Gasteiger partial charge in [-0.1, -0.05) is 49.9 Å². The average molecular weight is 334 g/mol. The van der Waals surface area contributed by atoms with Crippen molar-refractivity contribution in [1.82, 2.24) is 0 Å². The van der Waals surface area contributed by atoms with Crippen molar-refractivity contribution < 1.29 is 19.4 Å². The van der Waals surface area contributed by atoms with E-state index in [0.717, 1.165) is 49.7 Å². The lowest BCUT2D eigenvalue weighted by atomic mass is 9.93. The summed E-state index contributed by atoms with van der Waals surface area (Å²) in [6, 6.07) is 7.96. The van der Waals surface area contributed by atoms with E-state index in [1.807, 2.05) is 45.0 Å². The highest BCUT2D eigenvalue weighted by atomic mass is 16.6. The van der Waals surface area contributed by atoms with Crippen LogP contribution in [0.2, 0.25) is 0 Å². The molecule has 0 fully saturated rings. The molecule has 0 aromatic heterocycles. The molecule has 1 aromatic rings. The lowest BCUT2D eigenvalue weighted by Crippen LogP contribution is -2.26. The van der Waals surface area contributed by atoms with E-state index in [-0.39, 0.29) is 12.4 Å². The lowest BCUT2D eigenvalue weighted by Gasteiger charge is -2.27. The van der Waals surface area contributed by atoms with Gasteiger partial charge in [0, 0.05) is 12.8 Å². The summed E-state index contributed by atoms with van der Waals surface area (Å²) in [6.07, 6.45) is 6.23. The predicted octanol–water partition coefficient (Wildman–Crippen LogP) is 4.98. The van der Waals surface area contributed by atoms with Gasteiger partial charge in [0.2, 0.25) is 0 Å². The summed E-state index contributed by atoms with van der Waals surface area (Å²) in [5, 5.41) is 8.56. The molecule has 134 valence electrons. The van der Waals surface area contributed by atoms with Gasteiger partial charge in [0.25, 0.3) is 0 Å². The summed E-state index contributed by atoms with van der Waals surface area (Å²) < 4.78 is 5.67. The summed E-state index contributed by atoms with van der Waals surface area (Å²) in [4.78, 5) is 22.5. The smallest absolute Gasteiger partial charge is 0.306 e. The van der Waals surface area contributed by atoms with E-state index in [1.54, 1.807) is 0 Å². The van der Waals surface area contributed by atoms with Crippen LogP contribution in [0.3, 0.4) is 0 Å². The zero-order chi connectivity index (χ0) is 18.0. The van der Waals surface area contributed by atoms with E-state index in [2.05, 4.69) is 0 Å². The number of aryl methyl sites for hydroxylation is 1. The molecule has 0 unspecified atom stereocenters. The van der Waals surface area contributed by atoms with E-state index in [4.69, 9.17) is 9.84 Å². The van der Waals surface area contributed by atoms with Crippen LogP contribution < -0.4 is 0 Å². The third-order valence-electron chi connectivity index (χ3n) is 4.18. The van der Waals surface area contributed by atoms with Crippen molar-refractivity contribution in [3.63, 3.8) is 0 Å². The Kier molecular flexibility index (Phi) is 8.51. The molecule has 1 rings (SSSR count). The molecule has 0 aliphatic rings. The van der Waals surface area contributed by atoms with Gasteiger partial charge in [0.15, 0.2) is 0 Å². The van der Waals surface area contributed by atoms with Crippen LogP contribution in [-0.2, 0) is 19.9 Å². The number of carbonyl (C=O) groups is 2. The first-order valence-electron chi connectivity index (χ1n) is 8.82. The van der Waals surface area contributed by atoms with Crippen LogP contribution in [0.25, 0.3) is 0 Å². The van der Waals surface area contributed by atoms with Crippen LogP contribution in [0.1, 0.15) is 76.3 Å². The minimum atomic E-state index is -0.728. The normalized spacial score (nSPS) is 11.3. The molecule has 0 heterocycles. The Morgan fingerprint density at radius 2 is 1.50 bits per heavy atom. The number of unbranched alkanes of at least 4 members (excludes halogenated alkanes) is 5. The molecule has 24 heavy (non-hydrogen) atoms. The van der Waals surface area contributed by atoms with E-state index in [9.17, 15) is 9.59 Å². The van der Waals surface area contributed by atoms with Crippen molar-refractivity contribution >= 4 is 11.9 Å². The minimum absolute atomic E-state index is 0.158. The Morgan fingerprint density at radius 1 is 0.958 bits per heavy atom. The fraction of sp³-hybridized carbons (Fsp3) is 0.600. The molecule has 1 N–H and O–H groups in total. The summed E-state index contributed by atoms with van der Waals surface area (Å²) >= 11 is 0. The minimum Gasteiger partial charge on any atom is -0.481 e. The fourth-order valence-electron chi connectivity index (χ4n) is 2.89. The molecule has 0 saturated heterocycles. The topological polar surface area (TPSA) is 63.6 Å². The average Bonchev–Trinajstić information content (AvgIpc) is 2.49. The van der Waals surface area contributed by atoms with Gasteiger partial charge >= 0.3 is 11.9 Å². The van der Waals surface area contributed by atoms with Gasteiger partial charge < -0.3 is 9.84 Å². The quantitative estimate of drug-likeness (QED) is 0.458. The van der Waals surface area contributed by atoms with Crippen molar-refractivity contribution in [3.05, 3.63) is 35.4 Å². The van der Waals surface area contributed by atoms with Crippen molar-refractivity contribution in [2.45, 2.75) is 77.7 Å². The molecule has 4 heteroatoms. The van der Waals surface area contributed by atoms with Crippen molar-refractivity contribution in [2.75, 3.05) is 0 Å². The number of carboxylic acids is 1. The van der Waals surface area contributed by atoms with Gasteiger partial charge in [0.05, 0.1) is 0 Å². The summed E-state index contributed by atoms with van der Waals surface area (Å²) in [7, 11) is 0. The Morgan fingerprint density at radius 3 is 2.08 bits per heavy atom. The van der Waals surface area contributed by atoms with Crippen LogP contribution in [0.15, 0.2) is 24.3 Å². The third kappa shape index (κ3) is 7.62. The summed E-state index contributed by atoms with van der Waals surface area (Å²) in [5.74, 6) is -0.886. The van der Waals surface area contributed by atoms with E-state index >= 15 is 0 Å². The highest BCUT2D eigenvalue weighted by molar-refractivity contribution is 5.70. The maximum atomic E-state index is 12.1. The monoisotopic (exact) mass is 334 g/mol. The number of aliphatic carboxylic acids is 1. The SMILES string of the molecule is Cc1ccccc1C(C)(C)OC(=O)CCCCCCCCC(=O)O. The Labute approximate surface area is 145 Å².